The Bertz CT molecular complexity index is 430. The second-order valence-corrected chi connectivity index (χ2v) is 5.78. The van der Waals surface area contributed by atoms with Gasteiger partial charge in [-0.05, 0) is 66.4 Å². The lowest BCUT2D eigenvalue weighted by molar-refractivity contribution is -0.118. The van der Waals surface area contributed by atoms with Gasteiger partial charge in [0.1, 0.15) is 0 Å². The van der Waals surface area contributed by atoms with E-state index in [-0.39, 0.29) is 11.9 Å². The topological polar surface area (TPSA) is 41.1 Å². The molecule has 1 amide bonds. The summed E-state index contributed by atoms with van der Waals surface area (Å²) in [6, 6.07) is 4.05. The van der Waals surface area contributed by atoms with Gasteiger partial charge in [-0.25, -0.2) is 0 Å². The van der Waals surface area contributed by atoms with Gasteiger partial charge in [-0.3, -0.25) is 4.79 Å². The molecule has 0 spiro atoms. The number of halogens is 1. The molecule has 0 aliphatic carbocycles. The third-order valence-corrected chi connectivity index (χ3v) is 3.93. The van der Waals surface area contributed by atoms with Crippen LogP contribution in [-0.4, -0.2) is 18.5 Å². The lowest BCUT2D eigenvalue weighted by Gasteiger charge is -2.23. The number of nitrogens with one attached hydrogen (secondary N) is 2. The summed E-state index contributed by atoms with van der Waals surface area (Å²) in [5.74, 6) is 0.0716. The highest BCUT2D eigenvalue weighted by molar-refractivity contribution is 9.10. The fourth-order valence-electron chi connectivity index (χ4n) is 2.36. The summed E-state index contributed by atoms with van der Waals surface area (Å²) in [6.45, 7) is 5.00. The summed E-state index contributed by atoms with van der Waals surface area (Å²) in [5, 5.41) is 6.29. The number of amides is 1. The third kappa shape index (κ3) is 3.12. The van der Waals surface area contributed by atoms with Crippen molar-refractivity contribution >= 4 is 27.5 Å². The first-order chi connectivity index (χ1) is 8.58. The van der Waals surface area contributed by atoms with Crippen molar-refractivity contribution < 1.29 is 4.79 Å². The number of hydrogen-bond acceptors (Lipinski definition) is 2. The Kier molecular flexibility index (Phi) is 4.40. The highest BCUT2D eigenvalue weighted by Gasteiger charge is 2.21. The molecule has 0 radical (unpaired) electrons. The first-order valence-corrected chi connectivity index (χ1v) is 7.18. The Balaban J connectivity index is 2.11. The summed E-state index contributed by atoms with van der Waals surface area (Å²) < 4.78 is 0.948. The highest BCUT2D eigenvalue weighted by Crippen LogP contribution is 2.28. The van der Waals surface area contributed by atoms with Crippen molar-refractivity contribution in [3.8, 4) is 0 Å². The van der Waals surface area contributed by atoms with Crippen LogP contribution >= 0.6 is 15.9 Å². The zero-order chi connectivity index (χ0) is 13.1. The highest BCUT2D eigenvalue weighted by atomic mass is 79.9. The van der Waals surface area contributed by atoms with Crippen LogP contribution in [0.3, 0.4) is 0 Å². The van der Waals surface area contributed by atoms with Crippen molar-refractivity contribution in [2.45, 2.75) is 39.2 Å². The second kappa shape index (κ2) is 5.85. The van der Waals surface area contributed by atoms with E-state index in [0.29, 0.717) is 0 Å². The van der Waals surface area contributed by atoms with Crippen LogP contribution in [0.1, 0.15) is 30.4 Å². The van der Waals surface area contributed by atoms with E-state index >= 15 is 0 Å². The maximum atomic E-state index is 12.2. The molecule has 1 aliphatic rings. The number of anilines is 1. The van der Waals surface area contributed by atoms with E-state index in [1.54, 1.807) is 0 Å². The van der Waals surface area contributed by atoms with E-state index < -0.39 is 0 Å². The van der Waals surface area contributed by atoms with Crippen LogP contribution in [0, 0.1) is 13.8 Å². The maximum absolute atomic E-state index is 12.2. The molecule has 0 saturated carbocycles. The monoisotopic (exact) mass is 310 g/mol. The van der Waals surface area contributed by atoms with E-state index in [9.17, 15) is 4.79 Å². The van der Waals surface area contributed by atoms with E-state index in [4.69, 9.17) is 0 Å². The summed E-state index contributed by atoms with van der Waals surface area (Å²) in [6.07, 6.45) is 3.21. The molecule has 1 aromatic rings. The van der Waals surface area contributed by atoms with Crippen LogP contribution in [0.25, 0.3) is 0 Å². The lowest BCUT2D eigenvalue weighted by Crippen LogP contribution is -2.43. The van der Waals surface area contributed by atoms with Gasteiger partial charge in [-0.1, -0.05) is 12.5 Å². The first-order valence-electron chi connectivity index (χ1n) is 6.39. The molecule has 1 heterocycles. The van der Waals surface area contributed by atoms with Crippen LogP contribution in [0.5, 0.6) is 0 Å². The lowest BCUT2D eigenvalue weighted by atomic mass is 10.0. The van der Waals surface area contributed by atoms with Crippen molar-refractivity contribution in [1.82, 2.24) is 5.32 Å². The zero-order valence-electron chi connectivity index (χ0n) is 10.8. The number of piperidine rings is 1. The maximum Gasteiger partial charge on any atom is 0.241 e. The van der Waals surface area contributed by atoms with Crippen LogP contribution in [0.15, 0.2) is 16.6 Å². The van der Waals surface area contributed by atoms with E-state index in [0.717, 1.165) is 41.5 Å². The second-order valence-electron chi connectivity index (χ2n) is 4.93. The molecule has 0 unspecified atom stereocenters. The number of benzene rings is 1. The van der Waals surface area contributed by atoms with Crippen molar-refractivity contribution in [3.05, 3.63) is 27.7 Å². The number of carbonyl (C=O) groups is 1. The van der Waals surface area contributed by atoms with Gasteiger partial charge >= 0.3 is 0 Å². The van der Waals surface area contributed by atoms with E-state index in [1.807, 2.05) is 19.9 Å². The van der Waals surface area contributed by atoms with Crippen molar-refractivity contribution in [2.24, 2.45) is 0 Å². The number of aryl methyl sites for hydroxylation is 2. The largest absolute Gasteiger partial charge is 0.323 e. The SMILES string of the molecule is Cc1cc(C)c(NC(=O)[C@@H]2CCCCN2)c(Br)c1. The van der Waals surface area contributed by atoms with Crippen molar-refractivity contribution in [1.29, 1.82) is 0 Å². The molecule has 0 bridgehead atoms. The van der Waals surface area contributed by atoms with E-state index in [2.05, 4.69) is 32.6 Å². The molecule has 98 valence electrons. The van der Waals surface area contributed by atoms with Gasteiger partial charge in [0, 0.05) is 4.47 Å². The average Bonchev–Trinajstić information content (AvgIpc) is 2.34. The average molecular weight is 311 g/mol. The molecule has 2 rings (SSSR count). The molecule has 1 fully saturated rings. The molecular formula is C14H19BrN2O. The van der Waals surface area contributed by atoms with Crippen molar-refractivity contribution in [2.75, 3.05) is 11.9 Å². The summed E-state index contributed by atoms with van der Waals surface area (Å²) in [5.41, 5.74) is 3.16. The predicted octanol–water partition coefficient (Wildman–Crippen LogP) is 3.15. The normalized spacial score (nSPS) is 19.6. The third-order valence-electron chi connectivity index (χ3n) is 3.31. The fourth-order valence-corrected chi connectivity index (χ4v) is 3.13. The van der Waals surface area contributed by atoms with Gasteiger partial charge in [-0.15, -0.1) is 0 Å². The molecule has 4 heteroatoms. The zero-order valence-corrected chi connectivity index (χ0v) is 12.4. The Morgan fingerprint density at radius 2 is 2.17 bits per heavy atom. The number of rotatable bonds is 2. The molecule has 1 aromatic carbocycles. The molecule has 1 saturated heterocycles. The van der Waals surface area contributed by atoms with Crippen LogP contribution < -0.4 is 10.6 Å². The van der Waals surface area contributed by atoms with Crippen LogP contribution in [0.2, 0.25) is 0 Å². The fraction of sp³-hybridized carbons (Fsp3) is 0.500. The molecule has 3 nitrogen and oxygen atoms in total. The Labute approximate surface area is 116 Å². The molecule has 1 atom stereocenters. The minimum absolute atomic E-state index is 0.0497. The molecule has 18 heavy (non-hydrogen) atoms. The van der Waals surface area contributed by atoms with Crippen LogP contribution in [0.4, 0.5) is 5.69 Å². The Hall–Kier alpha value is -0.870. The van der Waals surface area contributed by atoms with Crippen LogP contribution in [-0.2, 0) is 4.79 Å². The predicted molar refractivity (Wildman–Crippen MR) is 77.9 cm³/mol. The smallest absolute Gasteiger partial charge is 0.241 e. The Morgan fingerprint density at radius 1 is 1.39 bits per heavy atom. The minimum atomic E-state index is -0.0497. The van der Waals surface area contributed by atoms with Crippen molar-refractivity contribution in [3.63, 3.8) is 0 Å². The molecular weight excluding hydrogens is 292 g/mol. The summed E-state index contributed by atoms with van der Waals surface area (Å²) >= 11 is 3.52. The van der Waals surface area contributed by atoms with Gasteiger partial charge in [0.25, 0.3) is 0 Å². The first kappa shape index (κ1) is 13.6. The number of hydrogen-bond donors (Lipinski definition) is 2. The van der Waals surface area contributed by atoms with Gasteiger partial charge < -0.3 is 10.6 Å². The molecule has 0 aromatic heterocycles. The minimum Gasteiger partial charge on any atom is -0.323 e. The standard InChI is InChI=1S/C14H19BrN2O/c1-9-7-10(2)13(11(15)8-9)17-14(18)12-5-3-4-6-16-12/h7-8,12,16H,3-6H2,1-2H3,(H,17,18)/t12-/m0/s1. The van der Waals surface area contributed by atoms with Gasteiger partial charge in [0.05, 0.1) is 11.7 Å². The quantitative estimate of drug-likeness (QED) is 0.881. The van der Waals surface area contributed by atoms with Gasteiger partial charge in [0.15, 0.2) is 0 Å². The van der Waals surface area contributed by atoms with Gasteiger partial charge in [-0.2, -0.15) is 0 Å². The summed E-state index contributed by atoms with van der Waals surface area (Å²) in [7, 11) is 0. The summed E-state index contributed by atoms with van der Waals surface area (Å²) in [4.78, 5) is 12.2. The Morgan fingerprint density at radius 3 is 2.78 bits per heavy atom. The molecule has 2 N–H and O–H groups in total. The van der Waals surface area contributed by atoms with Gasteiger partial charge in [0.2, 0.25) is 5.91 Å². The number of carbonyl (C=O) groups excluding carboxylic acids is 1. The molecule has 1 aliphatic heterocycles. The van der Waals surface area contributed by atoms with E-state index in [1.165, 1.54) is 5.56 Å².